The monoisotopic (exact) mass is 367 g/mol. The molecule has 0 saturated carbocycles. The van der Waals surface area contributed by atoms with Crippen molar-refractivity contribution < 1.29 is 4.79 Å². The summed E-state index contributed by atoms with van der Waals surface area (Å²) >= 11 is 1.48. The van der Waals surface area contributed by atoms with E-state index in [-0.39, 0.29) is 5.91 Å². The smallest absolute Gasteiger partial charge is 0.234 e. The molecule has 1 atom stereocenters. The SMILES string of the molecule is CC[C@@H](C)c1ccccc1NC(=O)CSc1nc2ccccc2n1CC. The molecule has 1 amide bonds. The Hall–Kier alpha value is -2.27. The maximum absolute atomic E-state index is 12.5. The molecule has 0 radical (unpaired) electrons. The van der Waals surface area contributed by atoms with E-state index in [9.17, 15) is 4.79 Å². The predicted octanol–water partition coefficient (Wildman–Crippen LogP) is 5.30. The highest BCUT2D eigenvalue weighted by Gasteiger charge is 2.14. The molecule has 0 aliphatic heterocycles. The van der Waals surface area contributed by atoms with E-state index in [2.05, 4.69) is 47.8 Å². The van der Waals surface area contributed by atoms with E-state index in [0.29, 0.717) is 11.7 Å². The van der Waals surface area contributed by atoms with Crippen molar-refractivity contribution in [2.45, 2.75) is 44.8 Å². The maximum atomic E-state index is 12.5. The molecule has 0 unspecified atom stereocenters. The Labute approximate surface area is 159 Å². The lowest BCUT2D eigenvalue weighted by Crippen LogP contribution is -2.16. The molecule has 0 aliphatic rings. The number of rotatable bonds is 7. The van der Waals surface area contributed by atoms with Gasteiger partial charge in [0.05, 0.1) is 16.8 Å². The third-order valence-electron chi connectivity index (χ3n) is 4.65. The van der Waals surface area contributed by atoms with Gasteiger partial charge in [0.15, 0.2) is 5.16 Å². The van der Waals surface area contributed by atoms with Gasteiger partial charge in [-0.25, -0.2) is 4.98 Å². The number of nitrogens with zero attached hydrogens (tertiary/aromatic N) is 2. The highest BCUT2D eigenvalue weighted by atomic mass is 32.2. The Morgan fingerprint density at radius 2 is 1.88 bits per heavy atom. The average Bonchev–Trinajstić information content (AvgIpc) is 3.03. The number of fused-ring (bicyclic) bond motifs is 1. The third kappa shape index (κ3) is 3.93. The van der Waals surface area contributed by atoms with Crippen molar-refractivity contribution in [3.05, 3.63) is 54.1 Å². The first kappa shape index (κ1) is 18.5. The average molecular weight is 368 g/mol. The third-order valence-corrected chi connectivity index (χ3v) is 5.62. The number of aryl methyl sites for hydroxylation is 1. The van der Waals surface area contributed by atoms with Crippen LogP contribution < -0.4 is 5.32 Å². The second-order valence-corrected chi connectivity index (χ2v) is 7.30. The molecule has 0 fully saturated rings. The van der Waals surface area contributed by atoms with Gasteiger partial charge in [-0.1, -0.05) is 55.9 Å². The minimum absolute atomic E-state index is 0.000428. The fourth-order valence-electron chi connectivity index (χ4n) is 3.05. The molecule has 26 heavy (non-hydrogen) atoms. The van der Waals surface area contributed by atoms with Crippen LogP contribution in [-0.4, -0.2) is 21.2 Å². The van der Waals surface area contributed by atoms with Crippen molar-refractivity contribution in [1.82, 2.24) is 9.55 Å². The van der Waals surface area contributed by atoms with Crippen LogP contribution in [0.2, 0.25) is 0 Å². The molecular weight excluding hydrogens is 342 g/mol. The van der Waals surface area contributed by atoms with Crippen LogP contribution >= 0.6 is 11.8 Å². The van der Waals surface area contributed by atoms with Gasteiger partial charge in [0.2, 0.25) is 5.91 Å². The van der Waals surface area contributed by atoms with Crippen molar-refractivity contribution in [1.29, 1.82) is 0 Å². The quantitative estimate of drug-likeness (QED) is 0.576. The summed E-state index contributed by atoms with van der Waals surface area (Å²) in [5.74, 6) is 0.766. The fraction of sp³-hybridized carbons (Fsp3) is 0.333. The molecule has 1 N–H and O–H groups in total. The zero-order valence-corrected chi connectivity index (χ0v) is 16.3. The number of carbonyl (C=O) groups is 1. The summed E-state index contributed by atoms with van der Waals surface area (Å²) in [4.78, 5) is 17.2. The van der Waals surface area contributed by atoms with E-state index in [1.807, 2.05) is 36.4 Å². The van der Waals surface area contributed by atoms with Gasteiger partial charge in [0, 0.05) is 12.2 Å². The molecule has 5 heteroatoms. The Kier molecular flexibility index (Phi) is 5.99. The molecule has 0 saturated heterocycles. The Bertz CT molecular complexity index is 903. The summed E-state index contributed by atoms with van der Waals surface area (Å²) in [5, 5.41) is 3.96. The number of aromatic nitrogens is 2. The summed E-state index contributed by atoms with van der Waals surface area (Å²) in [6, 6.07) is 16.1. The van der Waals surface area contributed by atoms with Gasteiger partial charge < -0.3 is 9.88 Å². The van der Waals surface area contributed by atoms with Gasteiger partial charge in [-0.3, -0.25) is 4.79 Å². The van der Waals surface area contributed by atoms with Crippen LogP contribution in [0.1, 0.15) is 38.7 Å². The summed E-state index contributed by atoms with van der Waals surface area (Å²) in [5.41, 5.74) is 4.19. The van der Waals surface area contributed by atoms with Crippen LogP contribution in [0.25, 0.3) is 11.0 Å². The van der Waals surface area contributed by atoms with Gasteiger partial charge in [0.1, 0.15) is 0 Å². The molecule has 0 spiro atoms. The molecule has 1 heterocycles. The lowest BCUT2D eigenvalue weighted by atomic mass is 9.97. The molecule has 136 valence electrons. The molecular formula is C21H25N3OS. The number of carbonyl (C=O) groups excluding carboxylic acids is 1. The first-order valence-electron chi connectivity index (χ1n) is 9.10. The first-order chi connectivity index (χ1) is 12.6. The van der Waals surface area contributed by atoms with Gasteiger partial charge >= 0.3 is 0 Å². The summed E-state index contributed by atoms with van der Waals surface area (Å²) < 4.78 is 2.15. The van der Waals surface area contributed by atoms with E-state index < -0.39 is 0 Å². The molecule has 0 aliphatic carbocycles. The number of anilines is 1. The van der Waals surface area contributed by atoms with Crippen LogP contribution in [0.15, 0.2) is 53.7 Å². The highest BCUT2D eigenvalue weighted by molar-refractivity contribution is 7.99. The van der Waals surface area contributed by atoms with Gasteiger partial charge in [-0.05, 0) is 43.0 Å². The minimum atomic E-state index is 0.000428. The van der Waals surface area contributed by atoms with Crippen molar-refractivity contribution in [3.63, 3.8) is 0 Å². The number of hydrogen-bond acceptors (Lipinski definition) is 3. The minimum Gasteiger partial charge on any atom is -0.325 e. The molecule has 4 nitrogen and oxygen atoms in total. The number of amides is 1. The summed E-state index contributed by atoms with van der Waals surface area (Å²) in [6.45, 7) is 7.28. The normalized spacial score (nSPS) is 12.3. The number of thioether (sulfide) groups is 1. The first-order valence-corrected chi connectivity index (χ1v) is 10.1. The molecule has 1 aromatic heterocycles. The van der Waals surface area contributed by atoms with E-state index in [1.54, 1.807) is 0 Å². The van der Waals surface area contributed by atoms with E-state index in [0.717, 1.165) is 34.8 Å². The summed E-state index contributed by atoms with van der Waals surface area (Å²) in [7, 11) is 0. The predicted molar refractivity (Wildman–Crippen MR) is 110 cm³/mol. The molecule has 3 rings (SSSR count). The largest absolute Gasteiger partial charge is 0.325 e. The molecule has 0 bridgehead atoms. The zero-order chi connectivity index (χ0) is 18.5. The van der Waals surface area contributed by atoms with E-state index in [4.69, 9.17) is 0 Å². The van der Waals surface area contributed by atoms with Crippen LogP contribution in [0, 0.1) is 0 Å². The number of hydrogen-bond donors (Lipinski definition) is 1. The Morgan fingerprint density at radius 1 is 1.15 bits per heavy atom. The van der Waals surface area contributed by atoms with Gasteiger partial charge in [-0.15, -0.1) is 0 Å². The molecule has 3 aromatic rings. The van der Waals surface area contributed by atoms with Gasteiger partial charge in [-0.2, -0.15) is 0 Å². The van der Waals surface area contributed by atoms with Crippen LogP contribution in [-0.2, 0) is 11.3 Å². The number of benzene rings is 2. The van der Waals surface area contributed by atoms with Crippen molar-refractivity contribution in [3.8, 4) is 0 Å². The molecule has 2 aromatic carbocycles. The zero-order valence-electron chi connectivity index (χ0n) is 15.5. The Morgan fingerprint density at radius 3 is 2.65 bits per heavy atom. The van der Waals surface area contributed by atoms with Crippen molar-refractivity contribution in [2.75, 3.05) is 11.1 Å². The lowest BCUT2D eigenvalue weighted by molar-refractivity contribution is -0.113. The summed E-state index contributed by atoms with van der Waals surface area (Å²) in [6.07, 6.45) is 1.04. The standard InChI is InChI=1S/C21H25N3OS/c1-4-15(3)16-10-6-7-11-17(16)22-20(25)14-26-21-23-18-12-8-9-13-19(18)24(21)5-2/h6-13,15H,4-5,14H2,1-3H3,(H,22,25)/t15-/m1/s1. The number of imidazole rings is 1. The fourth-order valence-corrected chi connectivity index (χ4v) is 3.92. The topological polar surface area (TPSA) is 46.9 Å². The lowest BCUT2D eigenvalue weighted by Gasteiger charge is -2.15. The number of nitrogens with one attached hydrogen (secondary N) is 1. The van der Waals surface area contributed by atoms with E-state index >= 15 is 0 Å². The van der Waals surface area contributed by atoms with Crippen molar-refractivity contribution in [2.24, 2.45) is 0 Å². The number of para-hydroxylation sites is 3. The van der Waals surface area contributed by atoms with Crippen LogP contribution in [0.4, 0.5) is 5.69 Å². The maximum Gasteiger partial charge on any atom is 0.234 e. The van der Waals surface area contributed by atoms with E-state index in [1.165, 1.54) is 17.3 Å². The second kappa shape index (κ2) is 8.41. The van der Waals surface area contributed by atoms with Crippen molar-refractivity contribution >= 4 is 34.4 Å². The van der Waals surface area contributed by atoms with Gasteiger partial charge in [0.25, 0.3) is 0 Å². The second-order valence-electron chi connectivity index (χ2n) is 6.36. The van der Waals surface area contributed by atoms with Crippen LogP contribution in [0.3, 0.4) is 0 Å². The Balaban J connectivity index is 1.71. The van der Waals surface area contributed by atoms with Crippen LogP contribution in [0.5, 0.6) is 0 Å². The highest BCUT2D eigenvalue weighted by Crippen LogP contribution is 2.27.